The predicted octanol–water partition coefficient (Wildman–Crippen LogP) is 5.80. The highest BCUT2D eigenvalue weighted by Crippen LogP contribution is 2.32. The Hall–Kier alpha value is -1.88. The van der Waals surface area contributed by atoms with Gasteiger partial charge in [0.25, 0.3) is 0 Å². The lowest BCUT2D eigenvalue weighted by Crippen LogP contribution is -2.06. The van der Waals surface area contributed by atoms with E-state index in [1.54, 1.807) is 42.5 Å². The standard InChI is InChI=1S/C18H15Cl3O4/c1-12(22)11-24-13-2-4-14(5-3-13)25-15-6-7-17(16(19)10-15)23-9-8-18(20)21/h2-8,10H,9,11H2,1H3. The molecule has 2 aromatic rings. The number of hydrogen-bond acceptors (Lipinski definition) is 4. The maximum Gasteiger partial charge on any atom is 0.167 e. The first-order valence-electron chi connectivity index (χ1n) is 7.27. The molecule has 0 aliphatic heterocycles. The second-order valence-electron chi connectivity index (χ2n) is 4.96. The quantitative estimate of drug-likeness (QED) is 0.561. The van der Waals surface area contributed by atoms with Gasteiger partial charge in [-0.1, -0.05) is 34.8 Å². The number of benzene rings is 2. The Labute approximate surface area is 160 Å². The largest absolute Gasteiger partial charge is 0.488 e. The minimum absolute atomic E-state index is 0.0407. The molecule has 0 N–H and O–H groups in total. The number of halogens is 3. The van der Waals surface area contributed by atoms with E-state index in [0.717, 1.165) is 0 Å². The lowest BCUT2D eigenvalue weighted by Gasteiger charge is -2.10. The smallest absolute Gasteiger partial charge is 0.167 e. The average Bonchev–Trinajstić information content (AvgIpc) is 2.56. The van der Waals surface area contributed by atoms with Crippen molar-refractivity contribution in [2.45, 2.75) is 6.92 Å². The summed E-state index contributed by atoms with van der Waals surface area (Å²) in [6.45, 7) is 1.72. The summed E-state index contributed by atoms with van der Waals surface area (Å²) in [4.78, 5) is 10.9. The highest BCUT2D eigenvalue weighted by Gasteiger charge is 2.05. The van der Waals surface area contributed by atoms with Crippen molar-refractivity contribution in [1.82, 2.24) is 0 Å². The van der Waals surface area contributed by atoms with E-state index >= 15 is 0 Å². The van der Waals surface area contributed by atoms with Crippen molar-refractivity contribution in [3.63, 3.8) is 0 Å². The molecule has 0 unspecified atom stereocenters. The Balaban J connectivity index is 1.97. The number of rotatable bonds is 8. The molecular weight excluding hydrogens is 387 g/mol. The normalized spacial score (nSPS) is 10.1. The summed E-state index contributed by atoms with van der Waals surface area (Å²) in [6, 6.07) is 12.0. The van der Waals surface area contributed by atoms with E-state index in [9.17, 15) is 4.79 Å². The summed E-state index contributed by atoms with van der Waals surface area (Å²) in [5.41, 5.74) is 0. The van der Waals surface area contributed by atoms with Gasteiger partial charge in [-0.05, 0) is 49.4 Å². The van der Waals surface area contributed by atoms with E-state index in [0.29, 0.717) is 28.0 Å². The van der Waals surface area contributed by atoms with Crippen molar-refractivity contribution in [2.24, 2.45) is 0 Å². The van der Waals surface area contributed by atoms with Gasteiger partial charge < -0.3 is 14.2 Å². The molecule has 0 fully saturated rings. The summed E-state index contributed by atoms with van der Waals surface area (Å²) < 4.78 is 16.6. The molecule has 0 heterocycles. The Morgan fingerprint density at radius 1 is 1.00 bits per heavy atom. The van der Waals surface area contributed by atoms with Crippen molar-refractivity contribution >= 4 is 40.6 Å². The van der Waals surface area contributed by atoms with E-state index in [1.807, 2.05) is 0 Å². The van der Waals surface area contributed by atoms with Crippen LogP contribution in [0.3, 0.4) is 0 Å². The van der Waals surface area contributed by atoms with Crippen LogP contribution >= 0.6 is 34.8 Å². The fourth-order valence-corrected chi connectivity index (χ4v) is 2.13. The van der Waals surface area contributed by atoms with E-state index in [4.69, 9.17) is 49.0 Å². The molecule has 0 bridgehead atoms. The van der Waals surface area contributed by atoms with Crippen molar-refractivity contribution < 1.29 is 19.0 Å². The minimum Gasteiger partial charge on any atom is -0.488 e. The molecule has 0 aliphatic carbocycles. The van der Waals surface area contributed by atoms with Crippen LogP contribution in [0.15, 0.2) is 53.0 Å². The van der Waals surface area contributed by atoms with E-state index in [1.165, 1.54) is 13.0 Å². The highest BCUT2D eigenvalue weighted by molar-refractivity contribution is 6.55. The molecule has 7 heteroatoms. The van der Waals surface area contributed by atoms with Crippen LogP contribution < -0.4 is 14.2 Å². The van der Waals surface area contributed by atoms with Crippen LogP contribution in [-0.4, -0.2) is 19.0 Å². The Bertz CT molecular complexity index is 753. The molecule has 0 saturated heterocycles. The number of hydrogen-bond donors (Lipinski definition) is 0. The van der Waals surface area contributed by atoms with Gasteiger partial charge in [-0.25, -0.2) is 0 Å². The first kappa shape index (κ1) is 19.4. The van der Waals surface area contributed by atoms with Gasteiger partial charge in [0.1, 0.15) is 40.7 Å². The van der Waals surface area contributed by atoms with Gasteiger partial charge in [-0.2, -0.15) is 0 Å². The Kier molecular flexibility index (Phi) is 7.44. The number of ether oxygens (including phenoxy) is 3. The summed E-state index contributed by atoms with van der Waals surface area (Å²) in [5, 5.41) is 0.401. The molecule has 25 heavy (non-hydrogen) atoms. The Morgan fingerprint density at radius 2 is 1.64 bits per heavy atom. The first-order chi connectivity index (χ1) is 11.9. The number of Topliss-reactive ketones (excluding diaryl/α,β-unsaturated/α-hetero) is 1. The van der Waals surface area contributed by atoms with Gasteiger partial charge in [0, 0.05) is 6.07 Å². The third-order valence-corrected chi connectivity index (χ3v) is 3.49. The molecule has 0 radical (unpaired) electrons. The van der Waals surface area contributed by atoms with E-state index in [-0.39, 0.29) is 23.5 Å². The molecule has 0 saturated carbocycles. The molecule has 2 rings (SSSR count). The van der Waals surface area contributed by atoms with Crippen LogP contribution in [0, 0.1) is 0 Å². The predicted molar refractivity (Wildman–Crippen MR) is 99.4 cm³/mol. The third-order valence-electron chi connectivity index (χ3n) is 2.88. The average molecular weight is 402 g/mol. The number of ketones is 1. The van der Waals surface area contributed by atoms with E-state index < -0.39 is 0 Å². The zero-order valence-electron chi connectivity index (χ0n) is 13.3. The molecule has 0 aromatic heterocycles. The number of carbonyl (C=O) groups excluding carboxylic acids is 1. The summed E-state index contributed by atoms with van der Waals surface area (Å²) >= 11 is 17.2. The fourth-order valence-electron chi connectivity index (χ4n) is 1.78. The maximum atomic E-state index is 10.9. The zero-order valence-corrected chi connectivity index (χ0v) is 15.6. The fraction of sp³-hybridized carbons (Fsp3) is 0.167. The molecular formula is C18H15Cl3O4. The molecule has 2 aromatic carbocycles. The van der Waals surface area contributed by atoms with Crippen LogP contribution in [-0.2, 0) is 4.79 Å². The molecule has 0 atom stereocenters. The molecule has 0 amide bonds. The maximum absolute atomic E-state index is 10.9. The monoisotopic (exact) mass is 400 g/mol. The summed E-state index contributed by atoms with van der Waals surface area (Å²) in [5.74, 6) is 2.21. The summed E-state index contributed by atoms with van der Waals surface area (Å²) in [6.07, 6.45) is 1.51. The first-order valence-corrected chi connectivity index (χ1v) is 8.41. The minimum atomic E-state index is -0.0407. The van der Waals surface area contributed by atoms with Gasteiger partial charge in [0.05, 0.1) is 5.02 Å². The molecule has 0 aliphatic rings. The van der Waals surface area contributed by atoms with Gasteiger partial charge in [0.2, 0.25) is 0 Å². The zero-order chi connectivity index (χ0) is 18.2. The van der Waals surface area contributed by atoms with Crippen LogP contribution in [0.2, 0.25) is 5.02 Å². The SMILES string of the molecule is CC(=O)COc1ccc(Oc2ccc(OCC=C(Cl)Cl)c(Cl)c2)cc1. The van der Waals surface area contributed by atoms with Gasteiger partial charge in [-0.3, -0.25) is 4.79 Å². The van der Waals surface area contributed by atoms with Crippen molar-refractivity contribution in [3.8, 4) is 23.0 Å². The van der Waals surface area contributed by atoms with E-state index in [2.05, 4.69) is 0 Å². The second-order valence-corrected chi connectivity index (χ2v) is 6.38. The molecule has 4 nitrogen and oxygen atoms in total. The number of carbonyl (C=O) groups is 1. The highest BCUT2D eigenvalue weighted by atomic mass is 35.5. The van der Waals surface area contributed by atoms with Crippen LogP contribution in [0.1, 0.15) is 6.92 Å². The Morgan fingerprint density at radius 3 is 2.24 bits per heavy atom. The lowest BCUT2D eigenvalue weighted by atomic mass is 10.3. The molecule has 0 spiro atoms. The third kappa shape index (κ3) is 6.86. The van der Waals surface area contributed by atoms with Gasteiger partial charge in [0.15, 0.2) is 5.78 Å². The molecule has 132 valence electrons. The van der Waals surface area contributed by atoms with Gasteiger partial charge >= 0.3 is 0 Å². The second kappa shape index (κ2) is 9.56. The lowest BCUT2D eigenvalue weighted by molar-refractivity contribution is -0.118. The van der Waals surface area contributed by atoms with Crippen molar-refractivity contribution in [2.75, 3.05) is 13.2 Å². The van der Waals surface area contributed by atoms with Crippen molar-refractivity contribution in [1.29, 1.82) is 0 Å². The van der Waals surface area contributed by atoms with Crippen LogP contribution in [0.5, 0.6) is 23.0 Å². The topological polar surface area (TPSA) is 44.8 Å². The van der Waals surface area contributed by atoms with Crippen LogP contribution in [0.25, 0.3) is 0 Å². The van der Waals surface area contributed by atoms with Gasteiger partial charge in [-0.15, -0.1) is 0 Å². The summed E-state index contributed by atoms with van der Waals surface area (Å²) in [7, 11) is 0. The van der Waals surface area contributed by atoms with Crippen molar-refractivity contribution in [3.05, 3.63) is 58.1 Å². The van der Waals surface area contributed by atoms with Crippen LogP contribution in [0.4, 0.5) is 0 Å².